The van der Waals surface area contributed by atoms with Crippen LogP contribution in [0.2, 0.25) is 0 Å². The Morgan fingerprint density at radius 3 is 1.13 bits per heavy atom. The lowest BCUT2D eigenvalue weighted by molar-refractivity contribution is -0.146. The summed E-state index contributed by atoms with van der Waals surface area (Å²) in [5.41, 5.74) is 0. The summed E-state index contributed by atoms with van der Waals surface area (Å²) in [6.07, 6.45) is 50.7. The van der Waals surface area contributed by atoms with Crippen LogP contribution in [0.4, 0.5) is 0 Å². The van der Waals surface area contributed by atoms with Gasteiger partial charge >= 0.3 is 11.9 Å². The van der Waals surface area contributed by atoms with Crippen molar-refractivity contribution in [2.45, 2.75) is 323 Å². The Labute approximate surface area is 424 Å². The average molecular weight is 960 g/mol. The van der Waals surface area contributed by atoms with Crippen molar-refractivity contribution in [1.82, 2.24) is 9.80 Å². The topological polar surface area (TPSA) is 76.2 Å². The standard InChI is InChI=1S/C61H118N2O5/c1-6-11-16-21-24-31-43-56(41-29-19-14-9-4)54-67-60(65)48-36-27-33-45-58(63(53-40-52-62-50-38-39-51-62)59(64)47-35-26-23-18-13-8-3)46-34-28-37-49-61(66)68-55-57(42-30-20-15-10-5)44-32-25-22-17-12-7-2/h56-58H,6-55H2,1-5H3. The molecule has 1 amide bonds. The third kappa shape index (κ3) is 39.0. The number of carbonyl (C=O) groups excluding carboxylic acids is 3. The van der Waals surface area contributed by atoms with E-state index in [-0.39, 0.29) is 18.0 Å². The maximum atomic E-state index is 14.1. The maximum absolute atomic E-state index is 14.1. The largest absolute Gasteiger partial charge is 0.465 e. The second-order valence-corrected chi connectivity index (χ2v) is 21.8. The number of unbranched alkanes of at least 4 members (excludes halogenated alkanes) is 25. The number of likely N-dealkylation sites (tertiary alicyclic amines) is 1. The van der Waals surface area contributed by atoms with Gasteiger partial charge in [-0.2, -0.15) is 0 Å². The lowest BCUT2D eigenvalue weighted by Gasteiger charge is -2.33. The maximum Gasteiger partial charge on any atom is 0.305 e. The minimum atomic E-state index is -0.0282. The molecule has 402 valence electrons. The van der Waals surface area contributed by atoms with Gasteiger partial charge < -0.3 is 19.3 Å². The second-order valence-electron chi connectivity index (χ2n) is 21.8. The fourth-order valence-corrected chi connectivity index (χ4v) is 10.6. The van der Waals surface area contributed by atoms with Gasteiger partial charge in [0.1, 0.15) is 0 Å². The van der Waals surface area contributed by atoms with Gasteiger partial charge in [-0.25, -0.2) is 0 Å². The molecule has 68 heavy (non-hydrogen) atoms. The van der Waals surface area contributed by atoms with Gasteiger partial charge in [0.2, 0.25) is 5.91 Å². The van der Waals surface area contributed by atoms with Gasteiger partial charge in [0.05, 0.1) is 13.2 Å². The SMILES string of the molecule is CCCCCCCCC(=O)N(CCCN1CCCC1)C(CCCCCC(=O)OCC(CCCCCC)CCCCCCCC)CCCCCC(=O)OCC(CCCCCC)CCCCCCCC. The van der Waals surface area contributed by atoms with Crippen molar-refractivity contribution in [3.63, 3.8) is 0 Å². The summed E-state index contributed by atoms with van der Waals surface area (Å²) in [6.45, 7) is 16.8. The molecule has 1 aliphatic rings. The molecule has 0 aromatic carbocycles. The molecule has 0 aromatic rings. The highest BCUT2D eigenvalue weighted by atomic mass is 16.5. The fourth-order valence-electron chi connectivity index (χ4n) is 10.6. The quantitative estimate of drug-likeness (QED) is 0.0447. The van der Waals surface area contributed by atoms with Crippen LogP contribution in [0.25, 0.3) is 0 Å². The monoisotopic (exact) mass is 959 g/mol. The Hall–Kier alpha value is -1.63. The van der Waals surface area contributed by atoms with E-state index in [1.54, 1.807) is 0 Å². The molecule has 2 atom stereocenters. The summed E-state index contributed by atoms with van der Waals surface area (Å²) in [5.74, 6) is 1.28. The van der Waals surface area contributed by atoms with Crippen molar-refractivity contribution in [1.29, 1.82) is 0 Å². The molecule has 0 aromatic heterocycles. The summed E-state index contributed by atoms with van der Waals surface area (Å²) < 4.78 is 11.9. The van der Waals surface area contributed by atoms with E-state index in [0.717, 1.165) is 83.7 Å². The Morgan fingerprint density at radius 1 is 0.397 bits per heavy atom. The third-order valence-corrected chi connectivity index (χ3v) is 15.2. The zero-order chi connectivity index (χ0) is 49.4. The van der Waals surface area contributed by atoms with Gasteiger partial charge in [-0.15, -0.1) is 0 Å². The van der Waals surface area contributed by atoms with Crippen LogP contribution in [0.15, 0.2) is 0 Å². The molecule has 0 radical (unpaired) electrons. The molecule has 1 fully saturated rings. The number of carbonyl (C=O) groups is 3. The highest BCUT2D eigenvalue weighted by molar-refractivity contribution is 5.76. The fraction of sp³-hybridized carbons (Fsp3) is 0.951. The average Bonchev–Trinajstić information content (AvgIpc) is 3.87. The Morgan fingerprint density at radius 2 is 0.721 bits per heavy atom. The van der Waals surface area contributed by atoms with Gasteiger partial charge in [-0.1, -0.05) is 221 Å². The van der Waals surface area contributed by atoms with Gasteiger partial charge in [-0.05, 0) is 109 Å². The van der Waals surface area contributed by atoms with Crippen LogP contribution in [-0.4, -0.2) is 73.1 Å². The Kier molecular flexibility index (Phi) is 46.4. The second kappa shape index (κ2) is 49.0. The molecule has 7 nitrogen and oxygen atoms in total. The van der Waals surface area contributed by atoms with Crippen molar-refractivity contribution in [3.8, 4) is 0 Å². The van der Waals surface area contributed by atoms with Crippen LogP contribution in [-0.2, 0) is 23.9 Å². The summed E-state index contributed by atoms with van der Waals surface area (Å²) in [4.78, 5) is 45.1. The van der Waals surface area contributed by atoms with E-state index in [0.29, 0.717) is 50.2 Å². The zero-order valence-electron chi connectivity index (χ0n) is 46.5. The first-order valence-electron chi connectivity index (χ1n) is 30.7. The van der Waals surface area contributed by atoms with Gasteiger partial charge in [-0.3, -0.25) is 14.4 Å². The lowest BCUT2D eigenvalue weighted by atomic mass is 9.95. The highest BCUT2D eigenvalue weighted by Crippen LogP contribution is 2.24. The molecule has 2 unspecified atom stereocenters. The first-order chi connectivity index (χ1) is 33.4. The van der Waals surface area contributed by atoms with Crippen molar-refractivity contribution in [2.75, 3.05) is 39.4 Å². The van der Waals surface area contributed by atoms with E-state index < -0.39 is 0 Å². The number of esters is 2. The Bertz CT molecular complexity index is 1050. The number of ether oxygens (including phenoxy) is 2. The summed E-state index contributed by atoms with van der Waals surface area (Å²) >= 11 is 0. The summed E-state index contributed by atoms with van der Waals surface area (Å²) in [7, 11) is 0. The van der Waals surface area contributed by atoms with Crippen LogP contribution < -0.4 is 0 Å². The molecule has 1 aliphatic heterocycles. The third-order valence-electron chi connectivity index (χ3n) is 15.2. The zero-order valence-corrected chi connectivity index (χ0v) is 46.5. The molecule has 1 rings (SSSR count). The number of amides is 1. The van der Waals surface area contributed by atoms with Crippen molar-refractivity contribution in [2.24, 2.45) is 11.8 Å². The Balaban J connectivity index is 2.81. The van der Waals surface area contributed by atoms with Crippen molar-refractivity contribution >= 4 is 17.8 Å². The highest BCUT2D eigenvalue weighted by Gasteiger charge is 2.24. The van der Waals surface area contributed by atoms with Crippen molar-refractivity contribution in [3.05, 3.63) is 0 Å². The molecule has 0 bridgehead atoms. The summed E-state index contributed by atoms with van der Waals surface area (Å²) in [5, 5.41) is 0. The first-order valence-corrected chi connectivity index (χ1v) is 30.7. The molecule has 0 spiro atoms. The van der Waals surface area contributed by atoms with E-state index in [4.69, 9.17) is 9.47 Å². The van der Waals surface area contributed by atoms with Crippen molar-refractivity contribution < 1.29 is 23.9 Å². The number of nitrogens with zero attached hydrogens (tertiary/aromatic N) is 2. The number of rotatable bonds is 52. The normalized spacial score (nSPS) is 14.3. The van der Waals surface area contributed by atoms with Gasteiger partial charge in [0.25, 0.3) is 0 Å². The molecule has 7 heteroatoms. The van der Waals surface area contributed by atoms with E-state index in [1.165, 1.54) is 206 Å². The smallest absolute Gasteiger partial charge is 0.305 e. The molecular weight excluding hydrogens is 841 g/mol. The molecule has 0 saturated carbocycles. The number of hydrogen-bond donors (Lipinski definition) is 0. The first kappa shape index (κ1) is 64.4. The molecule has 1 heterocycles. The van der Waals surface area contributed by atoms with Crippen LogP contribution in [0.1, 0.15) is 317 Å². The predicted molar refractivity (Wildman–Crippen MR) is 292 cm³/mol. The van der Waals surface area contributed by atoms with Gasteiger partial charge in [0.15, 0.2) is 0 Å². The van der Waals surface area contributed by atoms with E-state index in [9.17, 15) is 14.4 Å². The molecular formula is C61H118N2O5. The van der Waals surface area contributed by atoms with Crippen LogP contribution >= 0.6 is 0 Å². The van der Waals surface area contributed by atoms with E-state index in [1.807, 2.05) is 0 Å². The molecule has 0 aliphatic carbocycles. The van der Waals surface area contributed by atoms with E-state index in [2.05, 4.69) is 44.4 Å². The van der Waals surface area contributed by atoms with Crippen LogP contribution in [0, 0.1) is 11.8 Å². The van der Waals surface area contributed by atoms with E-state index >= 15 is 0 Å². The minimum absolute atomic E-state index is 0.0282. The minimum Gasteiger partial charge on any atom is -0.465 e. The van der Waals surface area contributed by atoms with Crippen LogP contribution in [0.3, 0.4) is 0 Å². The molecule has 1 saturated heterocycles. The van der Waals surface area contributed by atoms with Gasteiger partial charge in [0, 0.05) is 31.8 Å². The predicted octanol–water partition coefficient (Wildman–Crippen LogP) is 18.1. The molecule has 0 N–H and O–H groups in total. The lowest BCUT2D eigenvalue weighted by Crippen LogP contribution is -2.42. The number of hydrogen-bond acceptors (Lipinski definition) is 6. The summed E-state index contributed by atoms with van der Waals surface area (Å²) in [6, 6.07) is 0.214. The van der Waals surface area contributed by atoms with Crippen LogP contribution in [0.5, 0.6) is 0 Å².